The number of methoxy groups -OCH3 is 1. The van der Waals surface area contributed by atoms with Gasteiger partial charge in [0, 0.05) is 19.2 Å². The smallest absolute Gasteiger partial charge is 0.244 e. The number of likely N-dealkylation sites (tertiary alicyclic amines) is 1. The molecule has 1 aliphatic rings. The predicted octanol–water partition coefficient (Wildman–Crippen LogP) is 3.62. The van der Waals surface area contributed by atoms with Gasteiger partial charge in [-0.05, 0) is 60.8 Å². The fourth-order valence-corrected chi connectivity index (χ4v) is 3.17. The van der Waals surface area contributed by atoms with Crippen LogP contribution in [0.25, 0.3) is 6.08 Å². The zero-order valence-electron chi connectivity index (χ0n) is 15.3. The van der Waals surface area contributed by atoms with E-state index in [2.05, 4.69) is 34.5 Å². The number of hydrogen-bond acceptors (Lipinski definition) is 3. The fraction of sp³-hybridized carbons (Fsp3) is 0.318. The molecule has 1 fully saturated rings. The van der Waals surface area contributed by atoms with Crippen LogP contribution in [-0.2, 0) is 17.9 Å². The molecule has 0 spiro atoms. The van der Waals surface area contributed by atoms with Crippen LogP contribution in [0.2, 0.25) is 0 Å². The largest absolute Gasteiger partial charge is 0.497 e. The molecule has 0 aliphatic carbocycles. The predicted molar refractivity (Wildman–Crippen MR) is 105 cm³/mol. The van der Waals surface area contributed by atoms with Crippen LogP contribution in [0.5, 0.6) is 5.75 Å². The van der Waals surface area contributed by atoms with E-state index in [9.17, 15) is 4.79 Å². The van der Waals surface area contributed by atoms with Crippen molar-refractivity contribution in [1.29, 1.82) is 0 Å². The first kappa shape index (κ1) is 18.2. The molecule has 1 saturated heterocycles. The summed E-state index contributed by atoms with van der Waals surface area (Å²) in [5, 5.41) is 2.95. The van der Waals surface area contributed by atoms with Crippen LogP contribution in [0.4, 0.5) is 0 Å². The van der Waals surface area contributed by atoms with Crippen molar-refractivity contribution in [2.24, 2.45) is 0 Å². The number of rotatable bonds is 7. The van der Waals surface area contributed by atoms with E-state index in [4.69, 9.17) is 4.74 Å². The van der Waals surface area contributed by atoms with E-state index in [1.54, 1.807) is 19.3 Å². The van der Waals surface area contributed by atoms with E-state index >= 15 is 0 Å². The Hall–Kier alpha value is -2.59. The average molecular weight is 350 g/mol. The second-order valence-electron chi connectivity index (χ2n) is 6.63. The molecular weight excluding hydrogens is 324 g/mol. The van der Waals surface area contributed by atoms with Gasteiger partial charge in [0.25, 0.3) is 0 Å². The van der Waals surface area contributed by atoms with Gasteiger partial charge in [-0.2, -0.15) is 0 Å². The summed E-state index contributed by atoms with van der Waals surface area (Å²) < 4.78 is 5.13. The Morgan fingerprint density at radius 3 is 2.58 bits per heavy atom. The van der Waals surface area contributed by atoms with E-state index < -0.39 is 0 Å². The molecule has 136 valence electrons. The zero-order valence-corrected chi connectivity index (χ0v) is 15.3. The number of amides is 1. The van der Waals surface area contributed by atoms with E-state index in [1.165, 1.54) is 31.5 Å². The molecule has 1 heterocycles. The van der Waals surface area contributed by atoms with Gasteiger partial charge in [-0.15, -0.1) is 0 Å². The highest BCUT2D eigenvalue weighted by molar-refractivity contribution is 5.91. The molecule has 4 heteroatoms. The number of carbonyl (C=O) groups excluding carboxylic acids is 1. The van der Waals surface area contributed by atoms with Gasteiger partial charge in [0.1, 0.15) is 5.75 Å². The minimum absolute atomic E-state index is 0.0919. The van der Waals surface area contributed by atoms with Crippen molar-refractivity contribution in [2.75, 3.05) is 20.2 Å². The maximum absolute atomic E-state index is 12.0. The Labute approximate surface area is 155 Å². The second-order valence-corrected chi connectivity index (χ2v) is 6.63. The average Bonchev–Trinajstić information content (AvgIpc) is 3.18. The third-order valence-electron chi connectivity index (χ3n) is 4.61. The summed E-state index contributed by atoms with van der Waals surface area (Å²) in [6.07, 6.45) is 5.97. The van der Waals surface area contributed by atoms with Crippen molar-refractivity contribution in [1.82, 2.24) is 10.2 Å². The molecule has 4 nitrogen and oxygen atoms in total. The second kappa shape index (κ2) is 9.20. The van der Waals surface area contributed by atoms with E-state index in [1.807, 2.05) is 24.3 Å². The van der Waals surface area contributed by atoms with Gasteiger partial charge in [0.15, 0.2) is 0 Å². The summed E-state index contributed by atoms with van der Waals surface area (Å²) in [6, 6.07) is 16.1. The number of hydrogen-bond donors (Lipinski definition) is 1. The maximum Gasteiger partial charge on any atom is 0.244 e. The van der Waals surface area contributed by atoms with Crippen LogP contribution in [-0.4, -0.2) is 31.0 Å². The Kier molecular flexibility index (Phi) is 6.45. The standard InChI is InChI=1S/C22H26N2O2/c1-26-21-10-7-18(8-11-21)9-12-22(25)23-16-19-5-4-6-20(15-19)17-24-13-2-3-14-24/h4-12,15H,2-3,13-14,16-17H2,1H3,(H,23,25)/b12-9+. The van der Waals surface area contributed by atoms with Gasteiger partial charge in [-0.1, -0.05) is 36.4 Å². The first-order chi connectivity index (χ1) is 12.7. The van der Waals surface area contributed by atoms with Crippen LogP contribution < -0.4 is 10.1 Å². The van der Waals surface area contributed by atoms with Crippen LogP contribution in [0.3, 0.4) is 0 Å². The van der Waals surface area contributed by atoms with Gasteiger partial charge in [0.2, 0.25) is 5.91 Å². The zero-order chi connectivity index (χ0) is 18.2. The summed E-state index contributed by atoms with van der Waals surface area (Å²) in [6.45, 7) is 3.92. The number of benzene rings is 2. The quantitative estimate of drug-likeness (QED) is 0.776. The molecule has 0 atom stereocenters. The molecule has 2 aromatic rings. The SMILES string of the molecule is COc1ccc(/C=C/C(=O)NCc2cccc(CN3CCCC3)c2)cc1. The Morgan fingerprint density at radius 2 is 1.85 bits per heavy atom. The monoisotopic (exact) mass is 350 g/mol. The molecule has 3 rings (SSSR count). The van der Waals surface area contributed by atoms with Crippen molar-refractivity contribution in [2.45, 2.75) is 25.9 Å². The highest BCUT2D eigenvalue weighted by Gasteiger charge is 2.11. The highest BCUT2D eigenvalue weighted by atomic mass is 16.5. The molecule has 26 heavy (non-hydrogen) atoms. The summed E-state index contributed by atoms with van der Waals surface area (Å²) in [5.74, 6) is 0.714. The van der Waals surface area contributed by atoms with Crippen molar-refractivity contribution < 1.29 is 9.53 Å². The highest BCUT2D eigenvalue weighted by Crippen LogP contribution is 2.14. The topological polar surface area (TPSA) is 41.6 Å². The fourth-order valence-electron chi connectivity index (χ4n) is 3.17. The number of ether oxygens (including phenoxy) is 1. The Bertz CT molecular complexity index is 747. The molecule has 1 aliphatic heterocycles. The number of nitrogens with one attached hydrogen (secondary N) is 1. The summed E-state index contributed by atoms with van der Waals surface area (Å²) in [4.78, 5) is 14.5. The van der Waals surface area contributed by atoms with Crippen molar-refractivity contribution >= 4 is 12.0 Å². The third kappa shape index (κ3) is 5.46. The molecule has 0 radical (unpaired) electrons. The minimum atomic E-state index is -0.0919. The number of nitrogens with zero attached hydrogens (tertiary/aromatic N) is 1. The first-order valence-corrected chi connectivity index (χ1v) is 9.13. The molecule has 1 amide bonds. The van der Waals surface area contributed by atoms with Crippen molar-refractivity contribution in [3.05, 3.63) is 71.3 Å². The van der Waals surface area contributed by atoms with E-state index in [0.29, 0.717) is 6.54 Å². The summed E-state index contributed by atoms with van der Waals surface area (Å²) >= 11 is 0. The van der Waals surface area contributed by atoms with Gasteiger partial charge < -0.3 is 10.1 Å². The van der Waals surface area contributed by atoms with Crippen LogP contribution in [0.1, 0.15) is 29.5 Å². The van der Waals surface area contributed by atoms with Gasteiger partial charge in [-0.3, -0.25) is 9.69 Å². The van der Waals surface area contributed by atoms with Gasteiger partial charge in [0.05, 0.1) is 7.11 Å². The number of carbonyl (C=O) groups is 1. The lowest BCUT2D eigenvalue weighted by Crippen LogP contribution is -2.21. The van der Waals surface area contributed by atoms with Gasteiger partial charge >= 0.3 is 0 Å². The molecule has 0 unspecified atom stereocenters. The Morgan fingerprint density at radius 1 is 1.12 bits per heavy atom. The van der Waals surface area contributed by atoms with Crippen LogP contribution in [0, 0.1) is 0 Å². The molecular formula is C22H26N2O2. The lowest BCUT2D eigenvalue weighted by molar-refractivity contribution is -0.116. The lowest BCUT2D eigenvalue weighted by Gasteiger charge is -2.15. The first-order valence-electron chi connectivity index (χ1n) is 9.13. The minimum Gasteiger partial charge on any atom is -0.497 e. The van der Waals surface area contributed by atoms with Crippen molar-refractivity contribution in [3.8, 4) is 5.75 Å². The lowest BCUT2D eigenvalue weighted by atomic mass is 10.1. The normalized spacial score (nSPS) is 14.7. The molecule has 0 bridgehead atoms. The molecule has 0 saturated carbocycles. The maximum atomic E-state index is 12.0. The summed E-state index contributed by atoms with van der Waals surface area (Å²) in [7, 11) is 1.64. The molecule has 1 N–H and O–H groups in total. The third-order valence-corrected chi connectivity index (χ3v) is 4.61. The van der Waals surface area contributed by atoms with E-state index in [-0.39, 0.29) is 5.91 Å². The van der Waals surface area contributed by atoms with Gasteiger partial charge in [-0.25, -0.2) is 0 Å². The Balaban J connectivity index is 1.49. The molecule has 0 aromatic heterocycles. The van der Waals surface area contributed by atoms with Crippen LogP contribution >= 0.6 is 0 Å². The van der Waals surface area contributed by atoms with Crippen molar-refractivity contribution in [3.63, 3.8) is 0 Å². The molecule has 2 aromatic carbocycles. The van der Waals surface area contributed by atoms with E-state index in [0.717, 1.165) is 23.4 Å². The van der Waals surface area contributed by atoms with Crippen LogP contribution in [0.15, 0.2) is 54.6 Å². The summed E-state index contributed by atoms with van der Waals surface area (Å²) in [5.41, 5.74) is 3.41.